The Morgan fingerprint density at radius 2 is 2.04 bits per heavy atom. The summed E-state index contributed by atoms with van der Waals surface area (Å²) in [6.07, 6.45) is 7.56. The van der Waals surface area contributed by atoms with E-state index < -0.39 is 0 Å². The molecular formula is C18H17ClN2O2. The summed E-state index contributed by atoms with van der Waals surface area (Å²) in [5, 5.41) is 0.636. The van der Waals surface area contributed by atoms with Crippen molar-refractivity contribution < 1.29 is 9.53 Å². The quantitative estimate of drug-likeness (QED) is 0.808. The first kappa shape index (κ1) is 15.6. The van der Waals surface area contributed by atoms with Crippen molar-refractivity contribution >= 4 is 23.6 Å². The van der Waals surface area contributed by atoms with Crippen LogP contribution >= 0.6 is 11.6 Å². The molecule has 0 bridgehead atoms. The number of hydrogen-bond donors (Lipinski definition) is 0. The molecule has 5 heteroatoms. The molecule has 0 radical (unpaired) electrons. The number of benzene rings is 1. The van der Waals surface area contributed by atoms with Crippen LogP contribution in [-0.4, -0.2) is 35.0 Å². The molecular weight excluding hydrogens is 312 g/mol. The lowest BCUT2D eigenvalue weighted by molar-refractivity contribution is -0.125. The lowest BCUT2D eigenvalue weighted by Gasteiger charge is -2.15. The molecule has 4 nitrogen and oxygen atoms in total. The van der Waals surface area contributed by atoms with Crippen LogP contribution in [0.1, 0.15) is 12.0 Å². The van der Waals surface area contributed by atoms with Gasteiger partial charge >= 0.3 is 0 Å². The molecule has 1 aliphatic rings. The molecule has 0 spiro atoms. The third kappa shape index (κ3) is 4.11. The number of carbonyl (C=O) groups excluding carboxylic acids is 1. The lowest BCUT2D eigenvalue weighted by Crippen LogP contribution is -2.29. The van der Waals surface area contributed by atoms with Gasteiger partial charge < -0.3 is 9.64 Å². The van der Waals surface area contributed by atoms with Gasteiger partial charge in [0, 0.05) is 36.5 Å². The summed E-state index contributed by atoms with van der Waals surface area (Å²) in [6, 6.07) is 11.1. The summed E-state index contributed by atoms with van der Waals surface area (Å²) in [6.45, 7) is 1.29. The topological polar surface area (TPSA) is 42.4 Å². The van der Waals surface area contributed by atoms with Gasteiger partial charge in [-0.3, -0.25) is 9.78 Å². The van der Waals surface area contributed by atoms with Crippen molar-refractivity contribution in [2.75, 3.05) is 13.1 Å². The van der Waals surface area contributed by atoms with Crippen LogP contribution in [-0.2, 0) is 4.79 Å². The summed E-state index contributed by atoms with van der Waals surface area (Å²) in [5.74, 6) is 0.761. The highest BCUT2D eigenvalue weighted by Gasteiger charge is 2.26. The Labute approximate surface area is 140 Å². The molecule has 23 heavy (non-hydrogen) atoms. The Morgan fingerprint density at radius 1 is 1.26 bits per heavy atom. The van der Waals surface area contributed by atoms with Gasteiger partial charge in [-0.2, -0.15) is 0 Å². The summed E-state index contributed by atoms with van der Waals surface area (Å²) < 4.78 is 5.86. The molecule has 0 aliphatic carbocycles. The minimum absolute atomic E-state index is 0.0225. The molecule has 1 aromatic heterocycles. The second kappa shape index (κ2) is 7.29. The third-order valence-electron chi connectivity index (χ3n) is 3.72. The molecule has 2 heterocycles. The maximum atomic E-state index is 12.3. The predicted molar refractivity (Wildman–Crippen MR) is 90.3 cm³/mol. The molecule has 2 aromatic rings. The summed E-state index contributed by atoms with van der Waals surface area (Å²) in [4.78, 5) is 18.0. The Kier molecular flexibility index (Phi) is 4.93. The fourth-order valence-corrected chi connectivity index (χ4v) is 2.71. The Morgan fingerprint density at radius 3 is 2.83 bits per heavy atom. The molecule has 1 fully saturated rings. The fourth-order valence-electron chi connectivity index (χ4n) is 2.51. The number of pyridine rings is 1. The number of rotatable bonds is 4. The van der Waals surface area contributed by atoms with Crippen LogP contribution in [0.25, 0.3) is 6.08 Å². The van der Waals surface area contributed by atoms with Gasteiger partial charge in [0.25, 0.3) is 0 Å². The number of aromatic nitrogens is 1. The molecule has 1 aliphatic heterocycles. The summed E-state index contributed by atoms with van der Waals surface area (Å²) >= 11 is 6.08. The second-order valence-electron chi connectivity index (χ2n) is 5.35. The number of likely N-dealkylation sites (tertiary alicyclic amines) is 1. The minimum atomic E-state index is -0.0225. The van der Waals surface area contributed by atoms with E-state index in [2.05, 4.69) is 4.98 Å². The molecule has 1 saturated heterocycles. The maximum Gasteiger partial charge on any atom is 0.246 e. The van der Waals surface area contributed by atoms with Crippen molar-refractivity contribution in [3.8, 4) is 5.75 Å². The normalized spacial score (nSPS) is 17.6. The van der Waals surface area contributed by atoms with Gasteiger partial charge in [-0.05, 0) is 29.8 Å². The Bertz CT molecular complexity index is 703. The number of halogens is 1. The smallest absolute Gasteiger partial charge is 0.246 e. The maximum absolute atomic E-state index is 12.3. The van der Waals surface area contributed by atoms with Gasteiger partial charge in [0.15, 0.2) is 0 Å². The largest absolute Gasteiger partial charge is 0.488 e. The molecule has 118 valence electrons. The first-order valence-electron chi connectivity index (χ1n) is 7.50. The van der Waals surface area contributed by atoms with Crippen LogP contribution in [0.5, 0.6) is 5.75 Å². The highest BCUT2D eigenvalue weighted by Crippen LogP contribution is 2.19. The van der Waals surface area contributed by atoms with Crippen LogP contribution in [0.15, 0.2) is 54.9 Å². The second-order valence-corrected chi connectivity index (χ2v) is 5.76. The lowest BCUT2D eigenvalue weighted by atomic mass is 10.2. The third-order valence-corrected chi connectivity index (χ3v) is 4.06. The molecule has 0 N–H and O–H groups in total. The first-order valence-corrected chi connectivity index (χ1v) is 7.88. The molecule has 1 amide bonds. The van der Waals surface area contributed by atoms with E-state index in [1.807, 2.05) is 30.3 Å². The number of nitrogens with zero attached hydrogens (tertiary/aromatic N) is 2. The van der Waals surface area contributed by atoms with Crippen molar-refractivity contribution in [1.82, 2.24) is 9.88 Å². The average Bonchev–Trinajstić information content (AvgIpc) is 3.03. The van der Waals surface area contributed by atoms with E-state index in [1.165, 1.54) is 0 Å². The zero-order chi connectivity index (χ0) is 16.1. The fraction of sp³-hybridized carbons (Fsp3) is 0.222. The summed E-state index contributed by atoms with van der Waals surface area (Å²) in [7, 11) is 0. The Balaban J connectivity index is 1.56. The van der Waals surface area contributed by atoms with Crippen LogP contribution in [0.3, 0.4) is 0 Å². The van der Waals surface area contributed by atoms with Crippen molar-refractivity contribution in [3.05, 3.63) is 65.5 Å². The highest BCUT2D eigenvalue weighted by molar-refractivity contribution is 6.32. The Hall–Kier alpha value is -2.33. The SMILES string of the molecule is O=C(/C=C/c1ccccc1Cl)N1CCC(Oc2ccncc2)C1. The van der Waals surface area contributed by atoms with Crippen LogP contribution in [0.4, 0.5) is 0 Å². The van der Waals surface area contributed by atoms with E-state index in [1.54, 1.807) is 35.5 Å². The monoisotopic (exact) mass is 328 g/mol. The van der Waals surface area contributed by atoms with E-state index in [0.717, 1.165) is 17.7 Å². The standard InChI is InChI=1S/C18H17ClN2O2/c19-17-4-2-1-3-14(17)5-6-18(22)21-12-9-16(13-21)23-15-7-10-20-11-8-15/h1-8,10-11,16H,9,12-13H2/b6-5+. The van der Waals surface area contributed by atoms with Gasteiger partial charge in [0.1, 0.15) is 11.9 Å². The molecule has 1 aromatic carbocycles. The zero-order valence-corrected chi connectivity index (χ0v) is 13.3. The van der Waals surface area contributed by atoms with E-state index in [9.17, 15) is 4.79 Å². The molecule has 3 rings (SSSR count). The zero-order valence-electron chi connectivity index (χ0n) is 12.6. The van der Waals surface area contributed by atoms with Gasteiger partial charge in [-0.1, -0.05) is 29.8 Å². The van der Waals surface area contributed by atoms with Crippen LogP contribution in [0.2, 0.25) is 5.02 Å². The van der Waals surface area contributed by atoms with E-state index in [4.69, 9.17) is 16.3 Å². The van der Waals surface area contributed by atoms with Crippen LogP contribution < -0.4 is 4.74 Å². The van der Waals surface area contributed by atoms with E-state index >= 15 is 0 Å². The van der Waals surface area contributed by atoms with Gasteiger partial charge in [0.05, 0.1) is 6.54 Å². The average molecular weight is 329 g/mol. The highest BCUT2D eigenvalue weighted by atomic mass is 35.5. The molecule has 0 saturated carbocycles. The predicted octanol–water partition coefficient (Wildman–Crippen LogP) is 3.43. The minimum Gasteiger partial charge on any atom is -0.488 e. The molecule has 1 atom stereocenters. The van der Waals surface area contributed by atoms with Crippen molar-refractivity contribution in [3.63, 3.8) is 0 Å². The number of hydrogen-bond acceptors (Lipinski definition) is 3. The summed E-state index contributed by atoms with van der Waals surface area (Å²) in [5.41, 5.74) is 0.839. The number of carbonyl (C=O) groups is 1. The molecule has 1 unspecified atom stereocenters. The first-order chi connectivity index (χ1) is 11.2. The number of amides is 1. The van der Waals surface area contributed by atoms with Gasteiger partial charge in [0.2, 0.25) is 5.91 Å². The van der Waals surface area contributed by atoms with Crippen LogP contribution in [0, 0.1) is 0 Å². The van der Waals surface area contributed by atoms with Crippen molar-refractivity contribution in [2.24, 2.45) is 0 Å². The number of ether oxygens (including phenoxy) is 1. The van der Waals surface area contributed by atoms with Gasteiger partial charge in [-0.25, -0.2) is 0 Å². The van der Waals surface area contributed by atoms with E-state index in [0.29, 0.717) is 18.1 Å². The van der Waals surface area contributed by atoms with Crippen molar-refractivity contribution in [2.45, 2.75) is 12.5 Å². The van der Waals surface area contributed by atoms with Crippen molar-refractivity contribution in [1.29, 1.82) is 0 Å². The van der Waals surface area contributed by atoms with Gasteiger partial charge in [-0.15, -0.1) is 0 Å². The van der Waals surface area contributed by atoms with E-state index in [-0.39, 0.29) is 12.0 Å².